The van der Waals surface area contributed by atoms with Crippen LogP contribution in [0.15, 0.2) is 65.8 Å². The van der Waals surface area contributed by atoms with Crippen LogP contribution in [-0.4, -0.2) is 29.3 Å². The van der Waals surface area contributed by atoms with E-state index < -0.39 is 0 Å². The monoisotopic (exact) mass is 513 g/mol. The van der Waals surface area contributed by atoms with Crippen LogP contribution in [0, 0.1) is 5.82 Å². The number of aliphatic imine (C=N–C) groups is 1. The molecule has 3 aromatic rings. The molecule has 0 unspecified atom stereocenters. The Labute approximate surface area is 186 Å². The highest BCUT2D eigenvalue weighted by atomic mass is 127. The van der Waals surface area contributed by atoms with Gasteiger partial charge >= 0.3 is 0 Å². The second-order valence-corrected chi connectivity index (χ2v) is 6.33. The van der Waals surface area contributed by atoms with Crippen LogP contribution in [0.2, 0.25) is 5.02 Å². The zero-order valence-electron chi connectivity index (χ0n) is 15.4. The number of rotatable bonds is 6. The van der Waals surface area contributed by atoms with Crippen molar-refractivity contribution in [3.8, 4) is 5.69 Å². The molecule has 0 amide bonds. The number of benzene rings is 2. The van der Waals surface area contributed by atoms with Crippen molar-refractivity contribution in [3.05, 3.63) is 82.9 Å². The predicted molar refractivity (Wildman–Crippen MR) is 122 cm³/mol. The lowest BCUT2D eigenvalue weighted by Gasteiger charge is -2.12. The maximum atomic E-state index is 13.0. The number of nitrogens with zero attached hydrogens (tertiary/aromatic N) is 3. The first kappa shape index (κ1) is 22.2. The van der Waals surface area contributed by atoms with Gasteiger partial charge in [0.05, 0.1) is 11.4 Å². The highest BCUT2D eigenvalue weighted by molar-refractivity contribution is 14.0. The number of nitrogens with one attached hydrogen (secondary N) is 2. The maximum Gasteiger partial charge on any atom is 0.191 e. The van der Waals surface area contributed by atoms with Crippen LogP contribution < -0.4 is 10.6 Å². The van der Waals surface area contributed by atoms with E-state index in [1.165, 1.54) is 12.1 Å². The number of hydrogen-bond acceptors (Lipinski definition) is 2. The van der Waals surface area contributed by atoms with Crippen LogP contribution in [0.5, 0.6) is 0 Å². The van der Waals surface area contributed by atoms with E-state index in [0.717, 1.165) is 28.4 Å². The Morgan fingerprint density at radius 2 is 1.86 bits per heavy atom. The molecule has 0 atom stereocenters. The molecule has 8 heteroatoms. The van der Waals surface area contributed by atoms with Gasteiger partial charge in [-0.1, -0.05) is 29.8 Å². The number of aromatic nitrogens is 2. The lowest BCUT2D eigenvalue weighted by Crippen LogP contribution is -2.37. The van der Waals surface area contributed by atoms with Crippen LogP contribution in [0.1, 0.15) is 11.3 Å². The summed E-state index contributed by atoms with van der Waals surface area (Å²) in [4.78, 5) is 4.22. The van der Waals surface area contributed by atoms with E-state index >= 15 is 0 Å². The third kappa shape index (κ3) is 6.20. The largest absolute Gasteiger partial charge is 0.356 e. The quantitative estimate of drug-likeness (QED) is 0.295. The van der Waals surface area contributed by atoms with Gasteiger partial charge in [0.2, 0.25) is 0 Å². The minimum atomic E-state index is -0.258. The van der Waals surface area contributed by atoms with Crippen molar-refractivity contribution in [1.29, 1.82) is 0 Å². The summed E-state index contributed by atoms with van der Waals surface area (Å²) in [5.74, 6) is 0.443. The van der Waals surface area contributed by atoms with Crippen LogP contribution >= 0.6 is 35.6 Å². The zero-order chi connectivity index (χ0) is 19.1. The first-order chi connectivity index (χ1) is 13.2. The van der Waals surface area contributed by atoms with Crippen molar-refractivity contribution in [2.75, 3.05) is 13.6 Å². The summed E-state index contributed by atoms with van der Waals surface area (Å²) < 4.78 is 14.7. The van der Waals surface area contributed by atoms with Gasteiger partial charge in [-0.15, -0.1) is 24.0 Å². The van der Waals surface area contributed by atoms with E-state index in [0.29, 0.717) is 19.0 Å². The van der Waals surface area contributed by atoms with E-state index in [4.69, 9.17) is 11.6 Å². The second kappa shape index (κ2) is 11.0. The molecule has 0 aliphatic heterocycles. The summed E-state index contributed by atoms with van der Waals surface area (Å²) in [5.41, 5.74) is 2.78. The van der Waals surface area contributed by atoms with E-state index in [-0.39, 0.29) is 29.8 Å². The zero-order valence-corrected chi connectivity index (χ0v) is 18.5. The van der Waals surface area contributed by atoms with Gasteiger partial charge in [-0.2, -0.15) is 5.10 Å². The lowest BCUT2D eigenvalue weighted by molar-refractivity contribution is 0.627. The number of guanidine groups is 1. The second-order valence-electron chi connectivity index (χ2n) is 5.92. The molecular weight excluding hydrogens is 492 g/mol. The Hall–Kier alpha value is -2.13. The Kier molecular flexibility index (Phi) is 8.72. The van der Waals surface area contributed by atoms with Crippen LogP contribution in [0.4, 0.5) is 4.39 Å². The fraction of sp³-hybridized carbons (Fsp3) is 0.200. The third-order valence-electron chi connectivity index (χ3n) is 4.04. The molecule has 2 aromatic carbocycles. The van der Waals surface area contributed by atoms with Crippen molar-refractivity contribution < 1.29 is 4.39 Å². The summed E-state index contributed by atoms with van der Waals surface area (Å²) in [6, 6.07) is 15.9. The van der Waals surface area contributed by atoms with Gasteiger partial charge in [-0.25, -0.2) is 9.07 Å². The molecule has 0 saturated heterocycles. The Bertz CT molecular complexity index is 911. The minimum Gasteiger partial charge on any atom is -0.356 e. The molecule has 0 bridgehead atoms. The van der Waals surface area contributed by atoms with E-state index in [1.807, 2.05) is 36.5 Å². The Morgan fingerprint density at radius 3 is 2.57 bits per heavy atom. The van der Waals surface area contributed by atoms with E-state index in [1.54, 1.807) is 23.9 Å². The highest BCUT2D eigenvalue weighted by Gasteiger charge is 2.04. The summed E-state index contributed by atoms with van der Waals surface area (Å²) in [5, 5.41) is 11.7. The van der Waals surface area contributed by atoms with Gasteiger partial charge in [-0.05, 0) is 42.0 Å². The molecule has 3 rings (SSSR count). The van der Waals surface area contributed by atoms with Crippen molar-refractivity contribution in [2.24, 2.45) is 4.99 Å². The third-order valence-corrected chi connectivity index (χ3v) is 4.41. The minimum absolute atomic E-state index is 0. The first-order valence-corrected chi connectivity index (χ1v) is 9.02. The molecule has 148 valence electrons. The standard InChI is InChI=1S/C20H21ClFN5.HI/c1-23-20(25-14-15-4-2-3-5-19(15)21)24-12-10-17-11-13-27(26-17)18-8-6-16(22)7-9-18;/h2-9,11,13H,10,12,14H2,1H3,(H2,23,24,25);1H. The molecule has 1 heterocycles. The Balaban J connectivity index is 0.00000280. The first-order valence-electron chi connectivity index (χ1n) is 8.64. The number of halogens is 3. The van der Waals surface area contributed by atoms with Crippen molar-refractivity contribution >= 4 is 41.5 Å². The molecule has 2 N–H and O–H groups in total. The molecule has 1 aromatic heterocycles. The van der Waals surface area contributed by atoms with Gasteiger partial charge in [0.1, 0.15) is 5.82 Å². The summed E-state index contributed by atoms with van der Waals surface area (Å²) in [6.45, 7) is 1.28. The normalized spacial score (nSPS) is 11.0. The van der Waals surface area contributed by atoms with Crippen molar-refractivity contribution in [3.63, 3.8) is 0 Å². The van der Waals surface area contributed by atoms with Gasteiger partial charge in [0.25, 0.3) is 0 Å². The molecule has 0 aliphatic rings. The molecule has 28 heavy (non-hydrogen) atoms. The van der Waals surface area contributed by atoms with Crippen LogP contribution in [0.25, 0.3) is 5.69 Å². The van der Waals surface area contributed by atoms with Crippen LogP contribution in [-0.2, 0) is 13.0 Å². The van der Waals surface area contributed by atoms with Crippen LogP contribution in [0.3, 0.4) is 0 Å². The fourth-order valence-corrected chi connectivity index (χ4v) is 2.79. The molecular formula is C20H22ClFIN5. The van der Waals surface area contributed by atoms with E-state index in [9.17, 15) is 4.39 Å². The maximum absolute atomic E-state index is 13.0. The summed E-state index contributed by atoms with van der Waals surface area (Å²) >= 11 is 6.17. The predicted octanol–water partition coefficient (Wildman–Crippen LogP) is 4.19. The van der Waals surface area contributed by atoms with Crippen molar-refractivity contribution in [1.82, 2.24) is 20.4 Å². The summed E-state index contributed by atoms with van der Waals surface area (Å²) in [7, 11) is 1.73. The van der Waals surface area contributed by atoms with Crippen molar-refractivity contribution in [2.45, 2.75) is 13.0 Å². The SMILES string of the molecule is CN=C(NCCc1ccn(-c2ccc(F)cc2)n1)NCc1ccccc1Cl.I. The molecule has 0 radical (unpaired) electrons. The summed E-state index contributed by atoms with van der Waals surface area (Å²) in [6.07, 6.45) is 2.61. The van der Waals surface area contributed by atoms with Gasteiger partial charge < -0.3 is 10.6 Å². The van der Waals surface area contributed by atoms with E-state index in [2.05, 4.69) is 20.7 Å². The number of hydrogen-bond donors (Lipinski definition) is 2. The van der Waals surface area contributed by atoms with Gasteiger partial charge in [0, 0.05) is 37.8 Å². The Morgan fingerprint density at radius 1 is 1.11 bits per heavy atom. The van der Waals surface area contributed by atoms with Gasteiger partial charge in [0.15, 0.2) is 5.96 Å². The molecule has 0 spiro atoms. The average Bonchev–Trinajstić information content (AvgIpc) is 3.15. The highest BCUT2D eigenvalue weighted by Crippen LogP contribution is 2.14. The average molecular weight is 514 g/mol. The molecule has 0 fully saturated rings. The molecule has 5 nitrogen and oxygen atoms in total. The lowest BCUT2D eigenvalue weighted by atomic mass is 10.2. The smallest absolute Gasteiger partial charge is 0.191 e. The molecule has 0 aliphatic carbocycles. The topological polar surface area (TPSA) is 54.2 Å². The fourth-order valence-electron chi connectivity index (χ4n) is 2.58. The molecule has 0 saturated carbocycles. The van der Waals surface area contributed by atoms with Gasteiger partial charge in [-0.3, -0.25) is 4.99 Å².